The summed E-state index contributed by atoms with van der Waals surface area (Å²) in [6.07, 6.45) is 5.28. The fourth-order valence-electron chi connectivity index (χ4n) is 2.51. The van der Waals surface area contributed by atoms with E-state index in [-0.39, 0.29) is 11.6 Å². The Morgan fingerprint density at radius 1 is 1.24 bits per heavy atom. The summed E-state index contributed by atoms with van der Waals surface area (Å²) >= 11 is 0. The number of rotatable bonds is 5. The molecule has 1 amide bonds. The zero-order chi connectivity index (χ0) is 17.8. The molecule has 0 aliphatic heterocycles. The van der Waals surface area contributed by atoms with E-state index >= 15 is 0 Å². The third kappa shape index (κ3) is 3.68. The number of aromatic nitrogens is 2. The lowest BCUT2D eigenvalue weighted by molar-refractivity contribution is 0.0936. The molecule has 1 atom stereocenters. The first-order valence-corrected chi connectivity index (χ1v) is 7.81. The second-order valence-corrected chi connectivity index (χ2v) is 5.60. The van der Waals surface area contributed by atoms with Crippen molar-refractivity contribution in [3.63, 3.8) is 0 Å². The minimum absolute atomic E-state index is 0.0114. The summed E-state index contributed by atoms with van der Waals surface area (Å²) in [6, 6.07) is 11.6. The van der Waals surface area contributed by atoms with Crippen LogP contribution >= 0.6 is 0 Å². The van der Waals surface area contributed by atoms with Crippen LogP contribution in [0.3, 0.4) is 0 Å². The number of halogens is 1. The highest BCUT2D eigenvalue weighted by molar-refractivity contribution is 5.94. The number of ether oxygens (including phenoxy) is 1. The summed E-state index contributed by atoms with van der Waals surface area (Å²) in [5, 5.41) is 2.81. The topological polar surface area (TPSA) is 56.1 Å². The number of hydrogen-bond acceptors (Lipinski definition) is 3. The molecule has 0 fully saturated rings. The summed E-state index contributed by atoms with van der Waals surface area (Å²) < 4.78 is 20.8. The van der Waals surface area contributed by atoms with Crippen LogP contribution in [-0.2, 0) is 0 Å². The molecule has 0 unspecified atom stereocenters. The molecular weight excluding hydrogens is 321 g/mol. The Bertz CT molecular complexity index is 861. The van der Waals surface area contributed by atoms with Gasteiger partial charge < -0.3 is 14.6 Å². The van der Waals surface area contributed by atoms with Crippen molar-refractivity contribution < 1.29 is 13.9 Å². The first kappa shape index (κ1) is 16.7. The second kappa shape index (κ2) is 7.17. The van der Waals surface area contributed by atoms with Gasteiger partial charge in [0.05, 0.1) is 25.0 Å². The lowest BCUT2D eigenvalue weighted by Gasteiger charge is -2.15. The van der Waals surface area contributed by atoms with Gasteiger partial charge >= 0.3 is 0 Å². The number of benzene rings is 2. The van der Waals surface area contributed by atoms with E-state index in [9.17, 15) is 9.18 Å². The van der Waals surface area contributed by atoms with E-state index in [1.54, 1.807) is 18.6 Å². The quantitative estimate of drug-likeness (QED) is 0.774. The molecule has 0 spiro atoms. The molecule has 0 saturated carbocycles. The van der Waals surface area contributed by atoms with E-state index in [0.717, 1.165) is 11.3 Å². The van der Waals surface area contributed by atoms with Gasteiger partial charge in [0, 0.05) is 24.1 Å². The number of nitrogens with zero attached hydrogens (tertiary/aromatic N) is 2. The smallest absolute Gasteiger partial charge is 0.254 e. The maximum absolute atomic E-state index is 14.0. The zero-order valence-electron chi connectivity index (χ0n) is 13.9. The molecule has 128 valence electrons. The highest BCUT2D eigenvalue weighted by atomic mass is 19.1. The van der Waals surface area contributed by atoms with E-state index in [1.807, 2.05) is 42.0 Å². The van der Waals surface area contributed by atoms with Crippen LogP contribution in [0.2, 0.25) is 0 Å². The largest absolute Gasteiger partial charge is 0.497 e. The van der Waals surface area contributed by atoms with Crippen LogP contribution in [0.15, 0.2) is 61.2 Å². The van der Waals surface area contributed by atoms with Crippen molar-refractivity contribution in [1.82, 2.24) is 14.9 Å². The van der Waals surface area contributed by atoms with Crippen molar-refractivity contribution in [1.29, 1.82) is 0 Å². The summed E-state index contributed by atoms with van der Waals surface area (Å²) in [5.74, 6) is -0.706. The van der Waals surface area contributed by atoms with Crippen LogP contribution in [0, 0.1) is 5.82 Å². The molecule has 0 saturated heterocycles. The number of carbonyl (C=O) groups excluding carboxylic acids is 1. The molecule has 1 heterocycles. The highest BCUT2D eigenvalue weighted by Gasteiger charge is 2.16. The second-order valence-electron chi connectivity index (χ2n) is 5.60. The van der Waals surface area contributed by atoms with Crippen LogP contribution in [0.4, 0.5) is 4.39 Å². The van der Waals surface area contributed by atoms with Gasteiger partial charge in [0.1, 0.15) is 11.6 Å². The van der Waals surface area contributed by atoms with Crippen molar-refractivity contribution in [3.8, 4) is 11.4 Å². The van der Waals surface area contributed by atoms with Crippen LogP contribution in [0.25, 0.3) is 5.69 Å². The van der Waals surface area contributed by atoms with Gasteiger partial charge in [-0.25, -0.2) is 9.37 Å². The van der Waals surface area contributed by atoms with Crippen molar-refractivity contribution in [2.75, 3.05) is 7.11 Å². The van der Waals surface area contributed by atoms with E-state index in [1.165, 1.54) is 19.2 Å². The van der Waals surface area contributed by atoms with Crippen molar-refractivity contribution in [2.24, 2.45) is 0 Å². The SMILES string of the molecule is COc1ccc(C(=O)N[C@H](C)c2ccc(-n3ccnc3)cc2)c(F)c1. The molecule has 25 heavy (non-hydrogen) atoms. The molecule has 2 aromatic carbocycles. The van der Waals surface area contributed by atoms with Crippen molar-refractivity contribution in [3.05, 3.63) is 78.1 Å². The van der Waals surface area contributed by atoms with Crippen molar-refractivity contribution in [2.45, 2.75) is 13.0 Å². The monoisotopic (exact) mass is 339 g/mol. The molecule has 0 aliphatic carbocycles. The number of hydrogen-bond donors (Lipinski definition) is 1. The number of imidazole rings is 1. The van der Waals surface area contributed by atoms with E-state index in [4.69, 9.17) is 4.74 Å². The van der Waals surface area contributed by atoms with Crippen LogP contribution in [0.5, 0.6) is 5.75 Å². The Morgan fingerprint density at radius 2 is 2.00 bits per heavy atom. The van der Waals surface area contributed by atoms with Gasteiger partial charge in [-0.2, -0.15) is 0 Å². The molecule has 1 aromatic heterocycles. The van der Waals surface area contributed by atoms with Gasteiger partial charge in [0.15, 0.2) is 0 Å². The minimum Gasteiger partial charge on any atom is -0.497 e. The molecule has 0 radical (unpaired) electrons. The molecule has 3 rings (SSSR count). The van der Waals surface area contributed by atoms with Gasteiger partial charge in [0.25, 0.3) is 5.91 Å². The predicted molar refractivity (Wildman–Crippen MR) is 92.4 cm³/mol. The number of amides is 1. The Labute approximate surface area is 145 Å². The average molecular weight is 339 g/mol. The standard InChI is InChI=1S/C19H18FN3O2/c1-13(14-3-5-15(6-4-14)23-10-9-21-12-23)22-19(24)17-8-7-16(25-2)11-18(17)20/h3-13H,1-2H3,(H,22,24)/t13-/m1/s1. The summed E-state index contributed by atoms with van der Waals surface area (Å²) in [4.78, 5) is 16.3. The van der Waals surface area contributed by atoms with Crippen LogP contribution < -0.4 is 10.1 Å². The summed E-state index contributed by atoms with van der Waals surface area (Å²) in [6.45, 7) is 1.85. The van der Waals surface area contributed by atoms with Gasteiger partial charge in [-0.3, -0.25) is 4.79 Å². The maximum atomic E-state index is 14.0. The number of methoxy groups -OCH3 is 1. The Kier molecular flexibility index (Phi) is 4.79. The first-order chi connectivity index (χ1) is 12.1. The third-order valence-electron chi connectivity index (χ3n) is 3.96. The molecule has 5 nitrogen and oxygen atoms in total. The fraction of sp³-hybridized carbons (Fsp3) is 0.158. The first-order valence-electron chi connectivity index (χ1n) is 7.81. The highest BCUT2D eigenvalue weighted by Crippen LogP contribution is 2.19. The summed E-state index contributed by atoms with van der Waals surface area (Å²) in [5.41, 5.74) is 1.88. The van der Waals surface area contributed by atoms with E-state index in [0.29, 0.717) is 5.75 Å². The maximum Gasteiger partial charge on any atom is 0.254 e. The van der Waals surface area contributed by atoms with Crippen LogP contribution in [-0.4, -0.2) is 22.6 Å². The molecule has 0 aliphatic rings. The van der Waals surface area contributed by atoms with Gasteiger partial charge in [0.2, 0.25) is 0 Å². The Balaban J connectivity index is 1.71. The van der Waals surface area contributed by atoms with Gasteiger partial charge in [-0.1, -0.05) is 12.1 Å². The minimum atomic E-state index is -0.612. The predicted octanol–water partition coefficient (Wildman–Crippen LogP) is 3.51. The fourth-order valence-corrected chi connectivity index (χ4v) is 2.51. The van der Waals surface area contributed by atoms with Crippen molar-refractivity contribution >= 4 is 5.91 Å². The molecular formula is C19H18FN3O2. The lowest BCUT2D eigenvalue weighted by atomic mass is 10.1. The average Bonchev–Trinajstić information content (AvgIpc) is 3.16. The van der Waals surface area contributed by atoms with E-state index in [2.05, 4.69) is 10.3 Å². The van der Waals surface area contributed by atoms with Gasteiger partial charge in [-0.15, -0.1) is 0 Å². The third-order valence-corrected chi connectivity index (χ3v) is 3.96. The zero-order valence-corrected chi connectivity index (χ0v) is 13.9. The summed E-state index contributed by atoms with van der Waals surface area (Å²) in [7, 11) is 1.45. The molecule has 1 N–H and O–H groups in total. The number of nitrogens with one attached hydrogen (secondary N) is 1. The van der Waals surface area contributed by atoms with E-state index < -0.39 is 11.7 Å². The molecule has 6 heteroatoms. The normalized spacial score (nSPS) is 11.8. The molecule has 0 bridgehead atoms. The number of carbonyl (C=O) groups is 1. The lowest BCUT2D eigenvalue weighted by Crippen LogP contribution is -2.27. The molecule has 3 aromatic rings. The van der Waals surface area contributed by atoms with Crippen LogP contribution in [0.1, 0.15) is 28.9 Å². The Hall–Kier alpha value is -3.15. The van der Waals surface area contributed by atoms with Gasteiger partial charge in [-0.05, 0) is 36.8 Å². The Morgan fingerprint density at radius 3 is 2.60 bits per heavy atom.